The smallest absolute Gasteiger partial charge is 0.130 e. The van der Waals surface area contributed by atoms with E-state index in [9.17, 15) is 0 Å². The van der Waals surface area contributed by atoms with Crippen LogP contribution in [0.15, 0.2) is 54.3 Å². The largest absolute Gasteiger partial charge is 0.383 e. The molecule has 0 saturated carbocycles. The van der Waals surface area contributed by atoms with Crippen molar-refractivity contribution in [3.05, 3.63) is 71.2 Å². The van der Waals surface area contributed by atoms with Crippen LogP contribution in [-0.4, -0.2) is 22.6 Å². The third-order valence-electron chi connectivity index (χ3n) is 4.03. The molecular formula is C19H22N4. The lowest BCUT2D eigenvalue weighted by Gasteiger charge is -2.23. The van der Waals surface area contributed by atoms with E-state index in [1.165, 1.54) is 11.1 Å². The summed E-state index contributed by atoms with van der Waals surface area (Å²) in [5.74, 6) is 1.31. The number of hydrogen-bond acceptors (Lipinski definition) is 4. The number of nitrogen functional groups attached to an aromatic ring is 1. The Morgan fingerprint density at radius 2 is 2.09 bits per heavy atom. The first-order valence-corrected chi connectivity index (χ1v) is 7.94. The second kappa shape index (κ2) is 7.20. The highest BCUT2D eigenvalue weighted by Crippen LogP contribution is 2.18. The molecule has 4 nitrogen and oxygen atoms in total. The normalized spacial score (nSPS) is 18.1. The Kier molecular flexibility index (Phi) is 4.83. The number of aromatic nitrogens is 2. The lowest BCUT2D eigenvalue weighted by Crippen LogP contribution is -2.35. The Balaban J connectivity index is 1.64. The van der Waals surface area contributed by atoms with E-state index in [4.69, 9.17) is 5.73 Å². The molecule has 0 aliphatic carbocycles. The average molecular weight is 306 g/mol. The van der Waals surface area contributed by atoms with E-state index in [0.717, 1.165) is 24.9 Å². The van der Waals surface area contributed by atoms with E-state index >= 15 is 0 Å². The van der Waals surface area contributed by atoms with Crippen LogP contribution in [-0.2, 0) is 6.42 Å². The maximum absolute atomic E-state index is 6.00. The molecule has 23 heavy (non-hydrogen) atoms. The van der Waals surface area contributed by atoms with Gasteiger partial charge in [0.25, 0.3) is 0 Å². The Hall–Kier alpha value is -2.46. The minimum Gasteiger partial charge on any atom is -0.383 e. The van der Waals surface area contributed by atoms with Crippen molar-refractivity contribution < 1.29 is 0 Å². The van der Waals surface area contributed by atoms with Crippen LogP contribution >= 0.6 is 0 Å². The first-order chi connectivity index (χ1) is 11.2. The van der Waals surface area contributed by atoms with Crippen molar-refractivity contribution >= 4 is 11.9 Å². The second-order valence-corrected chi connectivity index (χ2v) is 5.86. The van der Waals surface area contributed by atoms with E-state index in [0.29, 0.717) is 17.7 Å². The van der Waals surface area contributed by atoms with Crippen molar-refractivity contribution in [3.8, 4) is 0 Å². The molecule has 3 N–H and O–H groups in total. The average Bonchev–Trinajstić information content (AvgIpc) is 2.57. The lowest BCUT2D eigenvalue weighted by molar-refractivity contribution is 0.515. The molecule has 3 rings (SSSR count). The zero-order chi connectivity index (χ0) is 16.1. The van der Waals surface area contributed by atoms with Crippen molar-refractivity contribution in [1.29, 1.82) is 0 Å². The van der Waals surface area contributed by atoms with Crippen molar-refractivity contribution in [2.45, 2.75) is 25.8 Å². The number of nitrogens with two attached hydrogens (primary N) is 1. The van der Waals surface area contributed by atoms with Gasteiger partial charge in [-0.25, -0.2) is 9.97 Å². The van der Waals surface area contributed by atoms with Crippen molar-refractivity contribution in [1.82, 2.24) is 15.3 Å². The molecule has 2 aromatic rings. The van der Waals surface area contributed by atoms with Crippen LogP contribution in [0.4, 0.5) is 5.82 Å². The molecule has 1 atom stereocenters. The van der Waals surface area contributed by atoms with Crippen LogP contribution < -0.4 is 11.1 Å². The molecule has 118 valence electrons. The van der Waals surface area contributed by atoms with Gasteiger partial charge in [-0.2, -0.15) is 0 Å². The van der Waals surface area contributed by atoms with Gasteiger partial charge in [-0.15, -0.1) is 0 Å². The summed E-state index contributed by atoms with van der Waals surface area (Å²) in [5.41, 5.74) is 9.59. The fraction of sp³-hybridized carbons (Fsp3) is 0.263. The van der Waals surface area contributed by atoms with Gasteiger partial charge in [0.15, 0.2) is 0 Å². The zero-order valence-corrected chi connectivity index (χ0v) is 13.4. The van der Waals surface area contributed by atoms with Crippen LogP contribution in [0.1, 0.15) is 23.4 Å². The van der Waals surface area contributed by atoms with E-state index in [1.54, 1.807) is 0 Å². The molecule has 0 saturated heterocycles. The van der Waals surface area contributed by atoms with Crippen LogP contribution in [0.25, 0.3) is 6.08 Å². The summed E-state index contributed by atoms with van der Waals surface area (Å²) < 4.78 is 0. The maximum Gasteiger partial charge on any atom is 0.130 e. The highest BCUT2D eigenvalue weighted by atomic mass is 14.9. The van der Waals surface area contributed by atoms with Crippen LogP contribution in [0, 0.1) is 6.92 Å². The molecule has 0 spiro atoms. The topological polar surface area (TPSA) is 63.8 Å². The van der Waals surface area contributed by atoms with Gasteiger partial charge >= 0.3 is 0 Å². The van der Waals surface area contributed by atoms with Crippen LogP contribution in [0.3, 0.4) is 0 Å². The third kappa shape index (κ3) is 4.27. The summed E-state index contributed by atoms with van der Waals surface area (Å²) in [6.07, 6.45) is 10.3. The Morgan fingerprint density at radius 3 is 2.87 bits per heavy atom. The molecule has 0 fully saturated rings. The summed E-state index contributed by atoms with van der Waals surface area (Å²) in [5, 5.41) is 3.52. The van der Waals surface area contributed by atoms with Gasteiger partial charge in [0.2, 0.25) is 0 Å². The second-order valence-electron chi connectivity index (χ2n) is 5.86. The third-order valence-corrected chi connectivity index (χ3v) is 4.03. The molecule has 0 radical (unpaired) electrons. The Morgan fingerprint density at radius 1 is 1.26 bits per heavy atom. The van der Waals surface area contributed by atoms with E-state index in [2.05, 4.69) is 57.8 Å². The van der Waals surface area contributed by atoms with E-state index in [1.807, 2.05) is 19.2 Å². The minimum absolute atomic E-state index is 0.365. The zero-order valence-electron chi connectivity index (χ0n) is 13.4. The number of aryl methyl sites for hydroxylation is 1. The fourth-order valence-corrected chi connectivity index (χ4v) is 2.78. The predicted octanol–water partition coefficient (Wildman–Crippen LogP) is 2.91. The molecular weight excluding hydrogens is 284 g/mol. The van der Waals surface area contributed by atoms with Gasteiger partial charge in [0.1, 0.15) is 11.6 Å². The molecule has 0 amide bonds. The highest BCUT2D eigenvalue weighted by Gasteiger charge is 2.16. The number of nitrogens with zero attached hydrogens (tertiary/aromatic N) is 2. The first kappa shape index (κ1) is 15.4. The number of rotatable bonds is 4. The molecule has 1 aliphatic rings. The van der Waals surface area contributed by atoms with Crippen molar-refractivity contribution in [3.63, 3.8) is 0 Å². The maximum atomic E-state index is 6.00. The number of allylic oxidation sites excluding steroid dienone is 1. The van der Waals surface area contributed by atoms with Gasteiger partial charge in [-0.3, -0.25) is 0 Å². The summed E-state index contributed by atoms with van der Waals surface area (Å²) >= 11 is 0. The van der Waals surface area contributed by atoms with Crippen LogP contribution in [0.5, 0.6) is 0 Å². The Labute approximate surface area is 137 Å². The van der Waals surface area contributed by atoms with Gasteiger partial charge in [0, 0.05) is 24.3 Å². The molecule has 1 aliphatic heterocycles. The number of anilines is 1. The Bertz CT molecular complexity index is 719. The van der Waals surface area contributed by atoms with Gasteiger partial charge in [0.05, 0.1) is 0 Å². The van der Waals surface area contributed by atoms with Gasteiger partial charge < -0.3 is 11.1 Å². The number of hydrogen-bond donors (Lipinski definition) is 2. The standard InChI is InChI=1S/C19H22N4/c1-14-22-13-17(19(20)23-14)12-18-11-16(9-10-21-18)8-7-15-5-3-2-4-6-15/h2-9,13,18,21H,10-12H2,1H3,(H2,20,22,23). The van der Waals surface area contributed by atoms with E-state index < -0.39 is 0 Å². The lowest BCUT2D eigenvalue weighted by atomic mass is 9.96. The molecule has 2 heterocycles. The summed E-state index contributed by atoms with van der Waals surface area (Å²) in [6, 6.07) is 10.7. The summed E-state index contributed by atoms with van der Waals surface area (Å²) in [7, 11) is 0. The fourth-order valence-electron chi connectivity index (χ4n) is 2.78. The highest BCUT2D eigenvalue weighted by molar-refractivity contribution is 5.53. The summed E-state index contributed by atoms with van der Waals surface area (Å²) in [4.78, 5) is 8.50. The SMILES string of the molecule is Cc1ncc(CC2CC(C=Cc3ccccc3)=CCN2)c(N)n1. The first-order valence-electron chi connectivity index (χ1n) is 7.94. The quantitative estimate of drug-likeness (QED) is 0.911. The molecule has 1 aromatic heterocycles. The van der Waals surface area contributed by atoms with Crippen molar-refractivity contribution in [2.75, 3.05) is 12.3 Å². The molecule has 0 bridgehead atoms. The van der Waals surface area contributed by atoms with E-state index in [-0.39, 0.29) is 0 Å². The van der Waals surface area contributed by atoms with Crippen molar-refractivity contribution in [2.24, 2.45) is 0 Å². The molecule has 1 aromatic carbocycles. The predicted molar refractivity (Wildman–Crippen MR) is 94.9 cm³/mol. The number of nitrogens with one attached hydrogen (secondary N) is 1. The molecule has 1 unspecified atom stereocenters. The summed E-state index contributed by atoms with van der Waals surface area (Å²) in [6.45, 7) is 2.74. The number of benzene rings is 1. The van der Waals surface area contributed by atoms with Gasteiger partial charge in [-0.1, -0.05) is 48.6 Å². The molecule has 4 heteroatoms. The van der Waals surface area contributed by atoms with Gasteiger partial charge in [-0.05, 0) is 30.9 Å². The van der Waals surface area contributed by atoms with Crippen LogP contribution in [0.2, 0.25) is 0 Å². The monoisotopic (exact) mass is 306 g/mol. The minimum atomic E-state index is 0.365.